The molecular formula is C24H23N3O6. The van der Waals surface area contributed by atoms with Gasteiger partial charge in [0.2, 0.25) is 11.7 Å². The molecule has 0 spiro atoms. The van der Waals surface area contributed by atoms with E-state index in [0.717, 1.165) is 6.54 Å². The largest absolute Gasteiger partial charge is 0.868 e. The number of amides is 1. The summed E-state index contributed by atoms with van der Waals surface area (Å²) in [4.78, 5) is 39.6. The number of nitro groups is 1. The number of carbonyl (C=O) groups excluding carboxylic acids is 2. The first-order chi connectivity index (χ1) is 15.8. The molecule has 1 aromatic heterocycles. The van der Waals surface area contributed by atoms with Crippen molar-refractivity contribution in [2.24, 2.45) is 0 Å². The fourth-order valence-electron chi connectivity index (χ4n) is 4.09. The Bertz CT molecular complexity index is 1240. The highest BCUT2D eigenvalue weighted by molar-refractivity contribution is 6.15. The first-order valence-electron chi connectivity index (χ1n) is 10.6. The van der Waals surface area contributed by atoms with E-state index < -0.39 is 28.4 Å². The molecule has 1 N–H and O–H groups in total. The summed E-state index contributed by atoms with van der Waals surface area (Å²) >= 11 is 0. The molecule has 0 bridgehead atoms. The van der Waals surface area contributed by atoms with E-state index in [1.54, 1.807) is 30.3 Å². The molecule has 1 aliphatic heterocycles. The quantitative estimate of drug-likeness (QED) is 0.314. The second-order valence-electron chi connectivity index (χ2n) is 8.28. The number of fused-ring (bicyclic) bond motifs is 1. The van der Waals surface area contributed by atoms with Crippen LogP contribution in [0.5, 0.6) is 0 Å². The van der Waals surface area contributed by atoms with Crippen molar-refractivity contribution in [3.63, 3.8) is 0 Å². The van der Waals surface area contributed by atoms with Gasteiger partial charge in [0.15, 0.2) is 5.76 Å². The number of benzene rings is 2. The summed E-state index contributed by atoms with van der Waals surface area (Å²) in [6.45, 7) is 0.979. The summed E-state index contributed by atoms with van der Waals surface area (Å²) < 4.78 is 5.66. The number of furan rings is 1. The zero-order valence-corrected chi connectivity index (χ0v) is 18.2. The van der Waals surface area contributed by atoms with Crippen molar-refractivity contribution in [3.8, 4) is 0 Å². The molecule has 1 aliphatic rings. The smallest absolute Gasteiger partial charge is 0.269 e. The topological polar surface area (TPSA) is 121 Å². The van der Waals surface area contributed by atoms with E-state index >= 15 is 0 Å². The van der Waals surface area contributed by atoms with Crippen molar-refractivity contribution in [1.29, 1.82) is 0 Å². The fourth-order valence-corrected chi connectivity index (χ4v) is 4.09. The number of hydrogen-bond donors (Lipinski definition) is 1. The van der Waals surface area contributed by atoms with Crippen molar-refractivity contribution < 1.29 is 28.9 Å². The molecule has 2 aromatic carbocycles. The van der Waals surface area contributed by atoms with Gasteiger partial charge in [0, 0.05) is 36.1 Å². The number of quaternary nitrogens is 1. The Labute approximate surface area is 189 Å². The van der Waals surface area contributed by atoms with Crippen LogP contribution in [0.2, 0.25) is 0 Å². The third-order valence-electron chi connectivity index (χ3n) is 5.65. The van der Waals surface area contributed by atoms with Gasteiger partial charge in [-0.1, -0.05) is 30.3 Å². The molecule has 2 heterocycles. The lowest BCUT2D eigenvalue weighted by atomic mass is 9.94. The van der Waals surface area contributed by atoms with Gasteiger partial charge >= 0.3 is 0 Å². The Morgan fingerprint density at radius 2 is 1.91 bits per heavy atom. The van der Waals surface area contributed by atoms with Crippen LogP contribution >= 0.6 is 0 Å². The van der Waals surface area contributed by atoms with Crippen LogP contribution in [0.1, 0.15) is 28.6 Å². The van der Waals surface area contributed by atoms with Gasteiger partial charge < -0.3 is 19.3 Å². The maximum atomic E-state index is 13.4. The highest BCUT2D eigenvalue weighted by atomic mass is 16.6. The summed E-state index contributed by atoms with van der Waals surface area (Å²) in [6.07, 6.45) is 0.596. The number of nitrogens with zero attached hydrogens (tertiary/aromatic N) is 2. The van der Waals surface area contributed by atoms with E-state index in [1.165, 1.54) is 34.1 Å². The van der Waals surface area contributed by atoms with Gasteiger partial charge in [0.05, 0.1) is 31.6 Å². The molecule has 9 nitrogen and oxygen atoms in total. The molecule has 0 radical (unpaired) electrons. The summed E-state index contributed by atoms with van der Waals surface area (Å²) in [5.74, 6) is -2.45. The van der Waals surface area contributed by atoms with Crippen LogP contribution in [-0.4, -0.2) is 48.7 Å². The highest BCUT2D eigenvalue weighted by Crippen LogP contribution is 2.39. The van der Waals surface area contributed by atoms with Crippen LogP contribution in [0.4, 0.5) is 5.69 Å². The molecule has 4 rings (SSSR count). The van der Waals surface area contributed by atoms with E-state index in [0.29, 0.717) is 23.0 Å². The predicted molar refractivity (Wildman–Crippen MR) is 117 cm³/mol. The lowest BCUT2D eigenvalue weighted by Gasteiger charge is -2.27. The number of ketones is 1. The van der Waals surface area contributed by atoms with Crippen molar-refractivity contribution in [1.82, 2.24) is 4.90 Å². The molecular weight excluding hydrogens is 426 g/mol. The average molecular weight is 449 g/mol. The molecule has 0 fully saturated rings. The van der Waals surface area contributed by atoms with Crippen LogP contribution in [0.3, 0.4) is 0 Å². The molecule has 1 atom stereocenters. The van der Waals surface area contributed by atoms with Gasteiger partial charge in [-0.05, 0) is 23.5 Å². The second kappa shape index (κ2) is 8.87. The Kier molecular flexibility index (Phi) is 5.97. The Hall–Kier alpha value is -3.98. The Morgan fingerprint density at radius 1 is 1.15 bits per heavy atom. The Balaban J connectivity index is 1.78. The zero-order chi connectivity index (χ0) is 23.7. The van der Waals surface area contributed by atoms with Gasteiger partial charge in [-0.25, -0.2) is 0 Å². The molecule has 0 aliphatic carbocycles. The molecule has 3 aromatic rings. The SMILES string of the molecule is C[NH+](C)CCCN1C(=O)C([O-])=C(C(=O)c2cc3ccccc3o2)C1c1cccc([N+](=O)[O-])c1. The summed E-state index contributed by atoms with van der Waals surface area (Å²) in [7, 11) is 3.94. The first kappa shape index (κ1) is 22.2. The number of non-ortho nitro benzene ring substituents is 1. The molecule has 1 unspecified atom stereocenters. The van der Waals surface area contributed by atoms with E-state index in [1.807, 2.05) is 14.1 Å². The van der Waals surface area contributed by atoms with E-state index in [2.05, 4.69) is 0 Å². The van der Waals surface area contributed by atoms with Crippen molar-refractivity contribution >= 4 is 28.3 Å². The van der Waals surface area contributed by atoms with Crippen LogP contribution in [-0.2, 0) is 4.79 Å². The summed E-state index contributed by atoms with van der Waals surface area (Å²) in [5, 5.41) is 25.0. The fraction of sp³-hybridized carbons (Fsp3) is 0.250. The third kappa shape index (κ3) is 4.22. The summed E-state index contributed by atoms with van der Waals surface area (Å²) in [5.41, 5.74) is 0.375. The van der Waals surface area contributed by atoms with E-state index in [9.17, 15) is 24.8 Å². The monoisotopic (exact) mass is 449 g/mol. The maximum Gasteiger partial charge on any atom is 0.269 e. The second-order valence-corrected chi connectivity index (χ2v) is 8.28. The molecule has 9 heteroatoms. The van der Waals surface area contributed by atoms with E-state index in [-0.39, 0.29) is 23.6 Å². The van der Waals surface area contributed by atoms with Crippen molar-refractivity contribution in [2.75, 3.05) is 27.2 Å². The molecule has 170 valence electrons. The van der Waals surface area contributed by atoms with Gasteiger partial charge in [0.1, 0.15) is 5.58 Å². The molecule has 0 saturated heterocycles. The number of Topliss-reactive ketones (excluding diaryl/α,β-unsaturated/α-hetero) is 1. The van der Waals surface area contributed by atoms with Gasteiger partial charge in [-0.2, -0.15) is 0 Å². The van der Waals surface area contributed by atoms with Crippen LogP contribution in [0.15, 0.2) is 70.3 Å². The highest BCUT2D eigenvalue weighted by Gasteiger charge is 2.40. The van der Waals surface area contributed by atoms with Crippen LogP contribution in [0, 0.1) is 10.1 Å². The van der Waals surface area contributed by atoms with Gasteiger partial charge in [0.25, 0.3) is 5.69 Å². The zero-order valence-electron chi connectivity index (χ0n) is 18.2. The number of rotatable bonds is 8. The molecule has 0 saturated carbocycles. The minimum Gasteiger partial charge on any atom is -0.868 e. The molecule has 33 heavy (non-hydrogen) atoms. The Morgan fingerprint density at radius 3 is 2.61 bits per heavy atom. The third-order valence-corrected chi connectivity index (χ3v) is 5.65. The van der Waals surface area contributed by atoms with Crippen molar-refractivity contribution in [3.05, 3.63) is 87.4 Å². The molecule has 1 amide bonds. The standard InChI is InChI=1S/C24H23N3O6/c1-25(2)11-6-12-26-21(16-8-5-9-17(13-16)27(31)32)20(23(29)24(26)30)22(28)19-14-15-7-3-4-10-18(15)33-19/h3-5,7-10,13-14,21,29H,6,11-12H2,1-2H3. The number of hydrogen-bond acceptors (Lipinski definition) is 6. The lowest BCUT2D eigenvalue weighted by Crippen LogP contribution is -3.05. The average Bonchev–Trinajstić information content (AvgIpc) is 3.33. The van der Waals surface area contributed by atoms with Gasteiger partial charge in [-0.3, -0.25) is 19.7 Å². The van der Waals surface area contributed by atoms with Crippen LogP contribution in [0.25, 0.3) is 11.0 Å². The van der Waals surface area contributed by atoms with Gasteiger partial charge in [-0.15, -0.1) is 0 Å². The first-order valence-corrected chi connectivity index (χ1v) is 10.6. The number of carbonyl (C=O) groups is 2. The van der Waals surface area contributed by atoms with Crippen LogP contribution < -0.4 is 10.0 Å². The lowest BCUT2D eigenvalue weighted by molar-refractivity contribution is -0.858. The number of nitrogens with one attached hydrogen (secondary N) is 1. The van der Waals surface area contributed by atoms with E-state index in [4.69, 9.17) is 4.42 Å². The minimum atomic E-state index is -1.03. The van der Waals surface area contributed by atoms with Crippen molar-refractivity contribution in [2.45, 2.75) is 12.5 Å². The number of nitro benzene ring substituents is 1. The minimum absolute atomic E-state index is 0.0534. The normalized spacial score (nSPS) is 16.3. The maximum absolute atomic E-state index is 13.4. The summed E-state index contributed by atoms with van der Waals surface area (Å²) in [6, 6.07) is 13.2. The predicted octanol–water partition coefficient (Wildman–Crippen LogP) is 1.26. The number of para-hydroxylation sites is 1.